The molecule has 1 aliphatic rings. The van der Waals surface area contributed by atoms with Crippen LogP contribution in [0.1, 0.15) is 36.3 Å². The molecule has 0 aliphatic heterocycles. The predicted octanol–water partition coefficient (Wildman–Crippen LogP) is 3.10. The van der Waals surface area contributed by atoms with Gasteiger partial charge < -0.3 is 5.32 Å². The van der Waals surface area contributed by atoms with Gasteiger partial charge in [0.1, 0.15) is 0 Å². The van der Waals surface area contributed by atoms with E-state index in [1.807, 2.05) is 7.05 Å². The smallest absolute Gasteiger partial charge is 0.00493 e. The standard InChI is InChI=1S/C14H21N/c1-11-5-3-4-6-14(11)13-9-12(10-13)7-8-15-2/h3-6,12-13,15H,7-10H2,1-2H3. The summed E-state index contributed by atoms with van der Waals surface area (Å²) in [6.45, 7) is 3.40. The fourth-order valence-electron chi connectivity index (χ4n) is 2.62. The summed E-state index contributed by atoms with van der Waals surface area (Å²) in [6.07, 6.45) is 4.14. The average molecular weight is 203 g/mol. The van der Waals surface area contributed by atoms with E-state index in [1.165, 1.54) is 31.4 Å². The normalized spacial score (nSPS) is 24.9. The van der Waals surface area contributed by atoms with Crippen LogP contribution in [-0.2, 0) is 0 Å². The van der Waals surface area contributed by atoms with Crippen molar-refractivity contribution in [3.63, 3.8) is 0 Å². The van der Waals surface area contributed by atoms with Crippen LogP contribution in [-0.4, -0.2) is 13.6 Å². The van der Waals surface area contributed by atoms with E-state index in [2.05, 4.69) is 36.5 Å². The summed E-state index contributed by atoms with van der Waals surface area (Å²) in [7, 11) is 2.04. The largest absolute Gasteiger partial charge is 0.320 e. The third-order valence-corrected chi connectivity index (χ3v) is 3.67. The Hall–Kier alpha value is -0.820. The van der Waals surface area contributed by atoms with Gasteiger partial charge in [-0.2, -0.15) is 0 Å². The van der Waals surface area contributed by atoms with E-state index in [4.69, 9.17) is 0 Å². The summed E-state index contributed by atoms with van der Waals surface area (Å²) in [6, 6.07) is 8.84. The zero-order chi connectivity index (χ0) is 10.7. The molecular weight excluding hydrogens is 182 g/mol. The summed E-state index contributed by atoms with van der Waals surface area (Å²) in [5, 5.41) is 3.23. The number of hydrogen-bond acceptors (Lipinski definition) is 1. The molecule has 0 heterocycles. The van der Waals surface area contributed by atoms with Gasteiger partial charge in [-0.05, 0) is 62.7 Å². The third-order valence-electron chi connectivity index (χ3n) is 3.67. The Morgan fingerprint density at radius 1 is 1.27 bits per heavy atom. The molecule has 82 valence electrons. The lowest BCUT2D eigenvalue weighted by atomic mass is 9.69. The van der Waals surface area contributed by atoms with Crippen LogP contribution in [0.5, 0.6) is 0 Å². The van der Waals surface area contributed by atoms with Gasteiger partial charge in [-0.25, -0.2) is 0 Å². The molecule has 0 saturated heterocycles. The lowest BCUT2D eigenvalue weighted by Crippen LogP contribution is -2.25. The fourth-order valence-corrected chi connectivity index (χ4v) is 2.62. The maximum atomic E-state index is 3.23. The van der Waals surface area contributed by atoms with Crippen molar-refractivity contribution in [2.75, 3.05) is 13.6 Å². The topological polar surface area (TPSA) is 12.0 Å². The monoisotopic (exact) mass is 203 g/mol. The molecule has 0 aromatic heterocycles. The van der Waals surface area contributed by atoms with Gasteiger partial charge in [-0.15, -0.1) is 0 Å². The Labute approximate surface area is 92.9 Å². The summed E-state index contributed by atoms with van der Waals surface area (Å²) >= 11 is 0. The highest BCUT2D eigenvalue weighted by Crippen LogP contribution is 2.43. The first-order chi connectivity index (χ1) is 7.31. The second kappa shape index (κ2) is 4.80. The minimum absolute atomic E-state index is 0.841. The first-order valence-corrected chi connectivity index (χ1v) is 6.01. The molecule has 1 nitrogen and oxygen atoms in total. The van der Waals surface area contributed by atoms with E-state index in [0.29, 0.717) is 0 Å². The summed E-state index contributed by atoms with van der Waals surface area (Å²) in [4.78, 5) is 0. The number of nitrogens with one attached hydrogen (secondary N) is 1. The lowest BCUT2D eigenvalue weighted by Gasteiger charge is -2.36. The Morgan fingerprint density at radius 3 is 2.67 bits per heavy atom. The second-order valence-corrected chi connectivity index (χ2v) is 4.78. The van der Waals surface area contributed by atoms with Crippen molar-refractivity contribution in [2.45, 2.75) is 32.1 Å². The van der Waals surface area contributed by atoms with E-state index in [1.54, 1.807) is 5.56 Å². The van der Waals surface area contributed by atoms with Gasteiger partial charge in [0.25, 0.3) is 0 Å². The highest BCUT2D eigenvalue weighted by atomic mass is 14.8. The molecule has 1 heteroatoms. The molecule has 1 aromatic rings. The van der Waals surface area contributed by atoms with E-state index >= 15 is 0 Å². The molecule has 0 bridgehead atoms. The summed E-state index contributed by atoms with van der Waals surface area (Å²) in [5.41, 5.74) is 3.05. The van der Waals surface area contributed by atoms with Gasteiger partial charge in [0.15, 0.2) is 0 Å². The number of hydrogen-bond donors (Lipinski definition) is 1. The molecule has 1 fully saturated rings. The highest BCUT2D eigenvalue weighted by molar-refractivity contribution is 5.30. The number of benzene rings is 1. The van der Waals surface area contributed by atoms with Crippen molar-refractivity contribution in [3.8, 4) is 0 Å². The van der Waals surface area contributed by atoms with Gasteiger partial charge in [-0.3, -0.25) is 0 Å². The average Bonchev–Trinajstić information content (AvgIpc) is 2.18. The number of rotatable bonds is 4. The van der Waals surface area contributed by atoms with Crippen molar-refractivity contribution >= 4 is 0 Å². The van der Waals surface area contributed by atoms with Crippen molar-refractivity contribution < 1.29 is 0 Å². The Morgan fingerprint density at radius 2 is 2.00 bits per heavy atom. The van der Waals surface area contributed by atoms with Crippen LogP contribution in [0.3, 0.4) is 0 Å². The van der Waals surface area contributed by atoms with Crippen molar-refractivity contribution in [1.82, 2.24) is 5.32 Å². The summed E-state index contributed by atoms with van der Waals surface area (Å²) in [5.74, 6) is 1.80. The van der Waals surface area contributed by atoms with Crippen LogP contribution in [0.4, 0.5) is 0 Å². The van der Waals surface area contributed by atoms with Crippen LogP contribution in [0.2, 0.25) is 0 Å². The molecule has 0 atom stereocenters. The maximum Gasteiger partial charge on any atom is -0.00493 e. The Balaban J connectivity index is 1.87. The molecule has 1 saturated carbocycles. The molecule has 0 unspecified atom stereocenters. The first kappa shape index (κ1) is 10.7. The number of aryl methyl sites for hydroxylation is 1. The van der Waals surface area contributed by atoms with Crippen molar-refractivity contribution in [1.29, 1.82) is 0 Å². The van der Waals surface area contributed by atoms with Crippen LogP contribution >= 0.6 is 0 Å². The molecule has 1 aliphatic carbocycles. The van der Waals surface area contributed by atoms with Gasteiger partial charge in [0.05, 0.1) is 0 Å². The minimum Gasteiger partial charge on any atom is -0.320 e. The SMILES string of the molecule is CNCCC1CC(c2ccccc2C)C1. The van der Waals surface area contributed by atoms with E-state index < -0.39 is 0 Å². The zero-order valence-corrected chi connectivity index (χ0v) is 9.79. The quantitative estimate of drug-likeness (QED) is 0.793. The van der Waals surface area contributed by atoms with Crippen LogP contribution in [0, 0.1) is 12.8 Å². The van der Waals surface area contributed by atoms with E-state index in [9.17, 15) is 0 Å². The molecule has 15 heavy (non-hydrogen) atoms. The highest BCUT2D eigenvalue weighted by Gasteiger charge is 2.30. The Kier molecular flexibility index (Phi) is 3.42. The molecule has 0 radical (unpaired) electrons. The second-order valence-electron chi connectivity index (χ2n) is 4.78. The van der Waals surface area contributed by atoms with Crippen molar-refractivity contribution in [3.05, 3.63) is 35.4 Å². The molecular formula is C14H21N. The van der Waals surface area contributed by atoms with Crippen molar-refractivity contribution in [2.24, 2.45) is 5.92 Å². The van der Waals surface area contributed by atoms with Gasteiger partial charge >= 0.3 is 0 Å². The first-order valence-electron chi connectivity index (χ1n) is 6.01. The minimum atomic E-state index is 0.841. The van der Waals surface area contributed by atoms with Gasteiger partial charge in [-0.1, -0.05) is 24.3 Å². The molecule has 0 spiro atoms. The lowest BCUT2D eigenvalue weighted by molar-refractivity contribution is 0.247. The van der Waals surface area contributed by atoms with E-state index in [-0.39, 0.29) is 0 Å². The van der Waals surface area contributed by atoms with Crippen LogP contribution < -0.4 is 5.32 Å². The van der Waals surface area contributed by atoms with Crippen LogP contribution in [0.25, 0.3) is 0 Å². The molecule has 1 aromatic carbocycles. The van der Waals surface area contributed by atoms with Crippen LogP contribution in [0.15, 0.2) is 24.3 Å². The predicted molar refractivity (Wildman–Crippen MR) is 65.2 cm³/mol. The zero-order valence-electron chi connectivity index (χ0n) is 9.79. The molecule has 0 amide bonds. The Bertz CT molecular complexity index is 313. The third kappa shape index (κ3) is 2.40. The molecule has 1 N–H and O–H groups in total. The maximum absolute atomic E-state index is 3.23. The van der Waals surface area contributed by atoms with Gasteiger partial charge in [0, 0.05) is 0 Å². The summed E-state index contributed by atoms with van der Waals surface area (Å²) < 4.78 is 0. The van der Waals surface area contributed by atoms with E-state index in [0.717, 1.165) is 11.8 Å². The van der Waals surface area contributed by atoms with Gasteiger partial charge in [0.2, 0.25) is 0 Å². The fraction of sp³-hybridized carbons (Fsp3) is 0.571. The molecule has 2 rings (SSSR count).